The lowest BCUT2D eigenvalue weighted by Gasteiger charge is -2.20. The van der Waals surface area contributed by atoms with Crippen molar-refractivity contribution in [2.75, 3.05) is 6.54 Å². The minimum Gasteiger partial charge on any atom is -0.487 e. The highest BCUT2D eigenvalue weighted by molar-refractivity contribution is 5.96. The predicted octanol–water partition coefficient (Wildman–Crippen LogP) is 2.87. The van der Waals surface area contributed by atoms with Crippen molar-refractivity contribution < 1.29 is 14.3 Å². The van der Waals surface area contributed by atoms with Gasteiger partial charge in [-0.05, 0) is 57.5 Å². The van der Waals surface area contributed by atoms with Crippen LogP contribution >= 0.6 is 0 Å². The van der Waals surface area contributed by atoms with Crippen LogP contribution in [0.1, 0.15) is 42.4 Å². The summed E-state index contributed by atoms with van der Waals surface area (Å²) in [6.45, 7) is 7.88. The largest absolute Gasteiger partial charge is 0.487 e. The molecule has 152 valence electrons. The van der Waals surface area contributed by atoms with Gasteiger partial charge in [0, 0.05) is 23.5 Å². The number of rotatable bonds is 6. The average molecular weight is 394 g/mol. The predicted molar refractivity (Wildman–Crippen MR) is 111 cm³/mol. The van der Waals surface area contributed by atoms with Crippen LogP contribution in [-0.4, -0.2) is 33.3 Å². The zero-order valence-corrected chi connectivity index (χ0v) is 17.2. The number of amides is 2. The number of pyridine rings is 1. The second-order valence-corrected chi connectivity index (χ2v) is 7.95. The minimum absolute atomic E-state index is 0.0816. The molecular weight excluding hydrogens is 368 g/mol. The fourth-order valence-electron chi connectivity index (χ4n) is 2.88. The van der Waals surface area contributed by atoms with Gasteiger partial charge >= 0.3 is 0 Å². The summed E-state index contributed by atoms with van der Waals surface area (Å²) in [7, 11) is 0. The third-order valence-corrected chi connectivity index (χ3v) is 4.13. The van der Waals surface area contributed by atoms with Crippen molar-refractivity contribution in [3.63, 3.8) is 0 Å². The zero-order chi connectivity index (χ0) is 21.0. The number of carbonyl (C=O) groups is 2. The van der Waals surface area contributed by atoms with Gasteiger partial charge in [-0.1, -0.05) is 12.1 Å². The molecule has 0 aliphatic carbocycles. The summed E-state index contributed by atoms with van der Waals surface area (Å²) in [4.78, 5) is 28.8. The van der Waals surface area contributed by atoms with E-state index < -0.39 is 0 Å². The van der Waals surface area contributed by atoms with Crippen molar-refractivity contribution in [3.8, 4) is 5.75 Å². The van der Waals surface area contributed by atoms with E-state index in [0.29, 0.717) is 17.9 Å². The molecule has 2 N–H and O–H groups in total. The van der Waals surface area contributed by atoms with Crippen LogP contribution in [-0.2, 0) is 11.4 Å². The van der Waals surface area contributed by atoms with E-state index in [0.717, 1.165) is 16.9 Å². The number of aromatic nitrogens is 2. The molecular formula is C22H26N4O3. The number of imidazole rings is 1. The Morgan fingerprint density at radius 2 is 1.97 bits per heavy atom. The van der Waals surface area contributed by atoms with Crippen LogP contribution in [0.4, 0.5) is 0 Å². The first-order valence-corrected chi connectivity index (χ1v) is 9.46. The van der Waals surface area contributed by atoms with Crippen LogP contribution in [0.3, 0.4) is 0 Å². The van der Waals surface area contributed by atoms with Gasteiger partial charge in [0.05, 0.1) is 12.2 Å². The molecule has 0 radical (unpaired) electrons. The maximum atomic E-state index is 12.3. The minimum atomic E-state index is -0.341. The molecule has 0 bridgehead atoms. The fourth-order valence-corrected chi connectivity index (χ4v) is 2.88. The van der Waals surface area contributed by atoms with Gasteiger partial charge in [-0.25, -0.2) is 4.98 Å². The van der Waals surface area contributed by atoms with Gasteiger partial charge in [0.25, 0.3) is 5.91 Å². The number of ether oxygens (including phenoxy) is 1. The highest BCUT2D eigenvalue weighted by Gasteiger charge is 2.15. The fraction of sp³-hybridized carbons (Fsp3) is 0.318. The van der Waals surface area contributed by atoms with Crippen LogP contribution in [0.15, 0.2) is 48.8 Å². The van der Waals surface area contributed by atoms with E-state index in [2.05, 4.69) is 15.6 Å². The molecule has 7 nitrogen and oxygen atoms in total. The SMILES string of the molecule is Cc1cccn2cc(COc3cccc(C(=O)NCC(=O)NC(C)(C)C)c3)nc12. The van der Waals surface area contributed by atoms with Crippen molar-refractivity contribution in [1.29, 1.82) is 0 Å². The number of aryl methyl sites for hydroxylation is 1. The number of fused-ring (bicyclic) bond motifs is 1. The molecule has 1 aromatic carbocycles. The maximum Gasteiger partial charge on any atom is 0.251 e. The summed E-state index contributed by atoms with van der Waals surface area (Å²) in [6, 6.07) is 10.8. The van der Waals surface area contributed by atoms with E-state index >= 15 is 0 Å². The molecule has 0 unspecified atom stereocenters. The van der Waals surface area contributed by atoms with E-state index in [1.54, 1.807) is 24.3 Å². The summed E-state index contributed by atoms with van der Waals surface area (Å²) in [5.41, 5.74) is 2.87. The number of hydrogen-bond acceptors (Lipinski definition) is 4. The molecule has 2 heterocycles. The van der Waals surface area contributed by atoms with E-state index in [9.17, 15) is 9.59 Å². The van der Waals surface area contributed by atoms with Gasteiger partial charge in [-0.2, -0.15) is 0 Å². The van der Waals surface area contributed by atoms with Crippen molar-refractivity contribution in [2.24, 2.45) is 0 Å². The summed E-state index contributed by atoms with van der Waals surface area (Å²) < 4.78 is 7.77. The number of benzene rings is 1. The van der Waals surface area contributed by atoms with Crippen LogP contribution < -0.4 is 15.4 Å². The standard InChI is InChI=1S/C22H26N4O3/c1-15-7-6-10-26-13-17(24-20(15)26)14-29-18-9-5-8-16(11-18)21(28)23-12-19(27)25-22(2,3)4/h5-11,13H,12,14H2,1-4H3,(H,23,28)(H,25,27). The molecule has 0 aliphatic rings. The van der Waals surface area contributed by atoms with Crippen LogP contribution in [0.25, 0.3) is 5.65 Å². The normalized spacial score (nSPS) is 11.3. The van der Waals surface area contributed by atoms with E-state index in [-0.39, 0.29) is 23.9 Å². The lowest BCUT2D eigenvalue weighted by molar-refractivity contribution is -0.121. The first kappa shape index (κ1) is 20.4. The Hall–Kier alpha value is -3.35. The Kier molecular flexibility index (Phi) is 5.87. The van der Waals surface area contributed by atoms with Gasteiger partial charge in [0.2, 0.25) is 5.91 Å². The van der Waals surface area contributed by atoms with Crippen LogP contribution in [0.5, 0.6) is 5.75 Å². The lowest BCUT2D eigenvalue weighted by Crippen LogP contribution is -2.45. The molecule has 3 rings (SSSR count). The molecule has 29 heavy (non-hydrogen) atoms. The van der Waals surface area contributed by atoms with Crippen molar-refractivity contribution in [1.82, 2.24) is 20.0 Å². The molecule has 0 fully saturated rings. The summed E-state index contributed by atoms with van der Waals surface area (Å²) in [5.74, 6) is -0.00571. The highest BCUT2D eigenvalue weighted by Crippen LogP contribution is 2.16. The molecule has 0 saturated carbocycles. The Morgan fingerprint density at radius 3 is 2.69 bits per heavy atom. The van der Waals surface area contributed by atoms with Crippen molar-refractivity contribution in [2.45, 2.75) is 39.8 Å². The average Bonchev–Trinajstić information content (AvgIpc) is 3.08. The molecule has 0 aliphatic heterocycles. The molecule has 2 amide bonds. The van der Waals surface area contributed by atoms with Gasteiger partial charge in [0.1, 0.15) is 18.0 Å². The van der Waals surface area contributed by atoms with Gasteiger partial charge in [-0.3, -0.25) is 9.59 Å². The van der Waals surface area contributed by atoms with E-state index in [4.69, 9.17) is 4.74 Å². The monoisotopic (exact) mass is 394 g/mol. The van der Waals surface area contributed by atoms with Gasteiger partial charge in [-0.15, -0.1) is 0 Å². The van der Waals surface area contributed by atoms with E-state index in [1.807, 2.05) is 56.6 Å². The second-order valence-electron chi connectivity index (χ2n) is 7.95. The third kappa shape index (κ3) is 5.57. The van der Waals surface area contributed by atoms with Gasteiger partial charge < -0.3 is 19.8 Å². The first-order valence-electron chi connectivity index (χ1n) is 9.46. The molecule has 3 aromatic rings. The Balaban J connectivity index is 1.59. The molecule has 0 spiro atoms. The summed E-state index contributed by atoms with van der Waals surface area (Å²) in [5, 5.41) is 5.43. The van der Waals surface area contributed by atoms with Crippen LogP contribution in [0.2, 0.25) is 0 Å². The summed E-state index contributed by atoms with van der Waals surface area (Å²) >= 11 is 0. The molecule has 0 atom stereocenters. The van der Waals surface area contributed by atoms with E-state index in [1.165, 1.54) is 0 Å². The van der Waals surface area contributed by atoms with Crippen molar-refractivity contribution >= 4 is 17.5 Å². The quantitative estimate of drug-likeness (QED) is 0.673. The Labute approximate surface area is 170 Å². The topological polar surface area (TPSA) is 84.7 Å². The van der Waals surface area contributed by atoms with Gasteiger partial charge in [0.15, 0.2) is 0 Å². The molecule has 2 aromatic heterocycles. The lowest BCUT2D eigenvalue weighted by atomic mass is 10.1. The smallest absolute Gasteiger partial charge is 0.251 e. The molecule has 7 heteroatoms. The molecule has 0 saturated heterocycles. The highest BCUT2D eigenvalue weighted by atomic mass is 16.5. The Morgan fingerprint density at radius 1 is 1.17 bits per heavy atom. The number of carbonyl (C=O) groups excluding carboxylic acids is 2. The number of hydrogen-bond donors (Lipinski definition) is 2. The maximum absolute atomic E-state index is 12.3. The first-order chi connectivity index (χ1) is 13.7. The van der Waals surface area contributed by atoms with Crippen LogP contribution in [0, 0.1) is 6.92 Å². The Bertz CT molecular complexity index is 1030. The summed E-state index contributed by atoms with van der Waals surface area (Å²) in [6.07, 6.45) is 3.87. The van der Waals surface area contributed by atoms with Crippen molar-refractivity contribution in [3.05, 3.63) is 65.6 Å². The number of nitrogens with zero attached hydrogens (tertiary/aromatic N) is 2. The zero-order valence-electron chi connectivity index (χ0n) is 17.2. The number of nitrogens with one attached hydrogen (secondary N) is 2. The second kappa shape index (κ2) is 8.34. The third-order valence-electron chi connectivity index (χ3n) is 4.13.